The molecular weight excluding hydrogens is 899 g/mol. The predicted octanol–water partition coefficient (Wildman–Crippen LogP) is 6.51. The number of nitrogens with one attached hydrogen (secondary N) is 2. The Morgan fingerprint density at radius 2 is 1.83 bits per heavy atom. The Balaban J connectivity index is 1.29. The second kappa shape index (κ2) is 20.8. The van der Waals surface area contributed by atoms with Gasteiger partial charge in [-0.15, -0.1) is 0 Å². The van der Waals surface area contributed by atoms with E-state index in [1.165, 1.54) is 26.7 Å². The maximum Gasteiger partial charge on any atom is 0.324 e. The Morgan fingerprint density at radius 1 is 1.07 bits per heavy atom. The maximum atomic E-state index is 14.8. The van der Waals surface area contributed by atoms with Crippen molar-refractivity contribution in [1.29, 1.82) is 0 Å². The summed E-state index contributed by atoms with van der Waals surface area (Å²) in [7, 11) is -0.520. The molecule has 5 atom stereocenters. The summed E-state index contributed by atoms with van der Waals surface area (Å²) in [5.41, 5.74) is 10.0. The van der Waals surface area contributed by atoms with Gasteiger partial charge in [-0.25, -0.2) is 13.8 Å². The third-order valence-corrected chi connectivity index (χ3v) is 15.4. The summed E-state index contributed by atoms with van der Waals surface area (Å²) in [6.07, 6.45) is 3.17. The molecule has 2 aromatic heterocycles. The van der Waals surface area contributed by atoms with E-state index in [0.717, 1.165) is 39.0 Å². The van der Waals surface area contributed by atoms with Crippen LogP contribution in [0.5, 0.6) is 5.75 Å². The number of aryl methyl sites for hydroxylation is 1. The van der Waals surface area contributed by atoms with Crippen molar-refractivity contribution < 1.29 is 42.2 Å². The lowest BCUT2D eigenvalue weighted by Gasteiger charge is -2.37. The highest BCUT2D eigenvalue weighted by Gasteiger charge is 2.41. The molecule has 372 valence electrons. The largest absolute Gasteiger partial charge is 0.508 e. The average Bonchev–Trinajstić information content (AvgIpc) is 3.93. The number of phenols is 1. The number of aromatic nitrogens is 2. The first-order valence-electron chi connectivity index (χ1n) is 24.1. The van der Waals surface area contributed by atoms with Crippen LogP contribution in [-0.4, -0.2) is 120 Å². The minimum atomic E-state index is -3.72. The number of rotatable bonds is 11. The molecule has 4 aromatic rings. The Labute approximate surface area is 406 Å². The van der Waals surface area contributed by atoms with Gasteiger partial charge in [-0.2, -0.15) is 4.31 Å². The molecule has 3 aliphatic rings. The number of phenolic OH excluding ortho intramolecular Hbond substituents is 1. The predicted molar refractivity (Wildman–Crippen MR) is 265 cm³/mol. The van der Waals surface area contributed by atoms with Gasteiger partial charge in [0.2, 0.25) is 21.8 Å². The normalized spacial score (nSPS) is 21.1. The number of fused-ring (bicyclic) bond motifs is 6. The van der Waals surface area contributed by atoms with Crippen molar-refractivity contribution in [3.63, 3.8) is 0 Å². The molecule has 2 saturated heterocycles. The number of pyridine rings is 1. The molecule has 6 bridgehead atoms. The lowest BCUT2D eigenvalue weighted by molar-refractivity contribution is -0.155. The number of carbonyl (C=O) groups is 4. The summed E-state index contributed by atoms with van der Waals surface area (Å²) in [6.45, 7) is 16.4. The summed E-state index contributed by atoms with van der Waals surface area (Å²) < 4.78 is 41.5. The molecule has 0 saturated carbocycles. The van der Waals surface area contributed by atoms with E-state index in [4.69, 9.17) is 14.5 Å². The SMILES string of the molecule is CCn1c(-c2cccnc2[C@H](C)OC)c2c3cc(ccc31)-c1cc(O)cc(c1)C[C@H](NC(=O)[C@H](C(C)C)N(C)C(=O)[C@H]1CCN(S(=O)(=O)C=C(C)C)C1)C(=O)N1CCC[C@H](N1)C(=O)OCC(C)(C)C2. The van der Waals surface area contributed by atoms with Gasteiger partial charge >= 0.3 is 5.97 Å². The van der Waals surface area contributed by atoms with Crippen molar-refractivity contribution in [2.75, 3.05) is 40.4 Å². The summed E-state index contributed by atoms with van der Waals surface area (Å²) in [6, 6.07) is 12.3. The molecule has 17 heteroatoms. The molecule has 0 spiro atoms. The summed E-state index contributed by atoms with van der Waals surface area (Å²) in [5.74, 6) is -3.05. The topological polar surface area (TPSA) is 193 Å². The number of methoxy groups -OCH3 is 1. The Hall–Kier alpha value is -5.62. The van der Waals surface area contributed by atoms with Crippen LogP contribution in [0.3, 0.4) is 0 Å². The lowest BCUT2D eigenvalue weighted by atomic mass is 9.84. The molecule has 2 fully saturated rings. The average molecular weight is 968 g/mol. The number of hydrogen-bond donors (Lipinski definition) is 3. The van der Waals surface area contributed by atoms with Crippen LogP contribution in [0.25, 0.3) is 33.3 Å². The van der Waals surface area contributed by atoms with Crippen LogP contribution < -0.4 is 10.7 Å². The standard InChI is InChI=1S/C52H69N7O9S/c1-11-58-44-17-16-35-26-40(44)41(47(58)39-14-12-19-53-45(39)33(6)67-10)27-52(7,8)30-68-51(64)42-15-13-20-59(55-42)50(63)43(24-34-22-37(35)25-38(60)23-34)54-48(61)46(32(4)5)56(9)49(62)36-18-21-57(28-36)69(65,66)29-31(2)3/h12,14,16-17,19,22-23,25-26,29,32-33,36,42-43,46,55,60H,11,13,15,18,20-21,24,27-28,30H2,1-10H3,(H,54,61)/t33-,36-,42-,43-,46-/m0/s1. The van der Waals surface area contributed by atoms with Crippen molar-refractivity contribution in [2.24, 2.45) is 17.3 Å². The van der Waals surface area contributed by atoms with E-state index in [1.807, 2.05) is 25.1 Å². The van der Waals surface area contributed by atoms with Gasteiger partial charge in [0, 0.05) is 80.2 Å². The van der Waals surface area contributed by atoms with Crippen LogP contribution in [0.2, 0.25) is 0 Å². The van der Waals surface area contributed by atoms with Crippen molar-refractivity contribution in [3.05, 3.63) is 82.5 Å². The molecule has 3 amide bonds. The van der Waals surface area contributed by atoms with Gasteiger partial charge in [0.25, 0.3) is 5.91 Å². The highest BCUT2D eigenvalue weighted by Crippen LogP contribution is 2.42. The van der Waals surface area contributed by atoms with Crippen LogP contribution in [0.4, 0.5) is 0 Å². The molecule has 0 radical (unpaired) electrons. The smallest absolute Gasteiger partial charge is 0.324 e. The number of allylic oxidation sites excluding steroid dienone is 1. The van der Waals surface area contributed by atoms with Gasteiger partial charge < -0.3 is 29.4 Å². The number of carbonyl (C=O) groups excluding carboxylic acids is 4. The van der Waals surface area contributed by atoms with Gasteiger partial charge in [0.15, 0.2) is 0 Å². The number of hydrazine groups is 1. The van der Waals surface area contributed by atoms with E-state index in [9.17, 15) is 32.7 Å². The van der Waals surface area contributed by atoms with Crippen molar-refractivity contribution in [1.82, 2.24) is 34.5 Å². The molecule has 0 aliphatic carbocycles. The Kier molecular flexibility index (Phi) is 15.4. The molecule has 16 nitrogen and oxygen atoms in total. The molecule has 3 aliphatic heterocycles. The number of hydrogen-bond acceptors (Lipinski definition) is 11. The number of aromatic hydroxyl groups is 1. The fraction of sp³-hybridized carbons (Fsp3) is 0.519. The van der Waals surface area contributed by atoms with E-state index in [2.05, 4.69) is 54.3 Å². The monoisotopic (exact) mass is 967 g/mol. The van der Waals surface area contributed by atoms with Crippen molar-refractivity contribution in [2.45, 2.75) is 118 Å². The summed E-state index contributed by atoms with van der Waals surface area (Å²) in [5, 5.41) is 17.9. The molecular formula is C52H69N7O9S. The van der Waals surface area contributed by atoms with Crippen LogP contribution in [-0.2, 0) is 58.1 Å². The summed E-state index contributed by atoms with van der Waals surface area (Å²) in [4.78, 5) is 63.5. The molecule has 0 unspecified atom stereocenters. The fourth-order valence-electron chi connectivity index (χ4n) is 10.2. The first-order chi connectivity index (χ1) is 32.6. The number of benzene rings is 2. The van der Waals surface area contributed by atoms with E-state index < -0.39 is 63.2 Å². The Bertz CT molecular complexity index is 2740. The number of sulfonamides is 1. The highest BCUT2D eigenvalue weighted by atomic mass is 32.2. The second-order valence-corrected chi connectivity index (χ2v) is 22.0. The second-order valence-electron chi connectivity index (χ2n) is 20.3. The molecule has 7 rings (SSSR count). The number of likely N-dealkylation sites (N-methyl/N-ethyl adjacent to an activating group) is 1. The van der Waals surface area contributed by atoms with Gasteiger partial charge in [-0.05, 0) is 118 Å². The van der Waals surface area contributed by atoms with Crippen molar-refractivity contribution in [3.8, 4) is 28.1 Å². The third-order valence-electron chi connectivity index (χ3n) is 13.6. The quantitative estimate of drug-likeness (QED) is 0.139. The number of cyclic esters (lactones) is 1. The van der Waals surface area contributed by atoms with Gasteiger partial charge in [0.05, 0.1) is 30.0 Å². The van der Waals surface area contributed by atoms with E-state index in [-0.39, 0.29) is 50.4 Å². The highest BCUT2D eigenvalue weighted by molar-refractivity contribution is 7.92. The zero-order valence-electron chi connectivity index (χ0n) is 41.7. The molecule has 3 N–H and O–H groups in total. The van der Waals surface area contributed by atoms with E-state index in [0.29, 0.717) is 48.9 Å². The van der Waals surface area contributed by atoms with Crippen LogP contribution in [0.1, 0.15) is 97.6 Å². The van der Waals surface area contributed by atoms with Gasteiger partial charge in [-0.3, -0.25) is 29.2 Å². The van der Waals surface area contributed by atoms with Gasteiger partial charge in [0.1, 0.15) is 23.9 Å². The molecule has 69 heavy (non-hydrogen) atoms. The first kappa shape index (κ1) is 51.2. The Morgan fingerprint density at radius 3 is 2.52 bits per heavy atom. The van der Waals surface area contributed by atoms with Crippen LogP contribution in [0, 0.1) is 17.3 Å². The number of amides is 3. The van der Waals surface area contributed by atoms with Crippen molar-refractivity contribution >= 4 is 44.6 Å². The molecule has 5 heterocycles. The summed E-state index contributed by atoms with van der Waals surface area (Å²) >= 11 is 0. The number of nitrogens with zero attached hydrogens (tertiary/aromatic N) is 5. The third kappa shape index (κ3) is 11.1. The number of esters is 1. The van der Waals surface area contributed by atoms with E-state index >= 15 is 0 Å². The lowest BCUT2D eigenvalue weighted by Crippen LogP contribution is -2.62. The minimum Gasteiger partial charge on any atom is -0.508 e. The minimum absolute atomic E-state index is 0.0106. The first-order valence-corrected chi connectivity index (χ1v) is 25.6. The molecule has 2 aromatic carbocycles. The number of ether oxygens (including phenoxy) is 2. The maximum absolute atomic E-state index is 14.8. The van der Waals surface area contributed by atoms with Gasteiger partial charge in [-0.1, -0.05) is 45.4 Å². The zero-order chi connectivity index (χ0) is 50.1. The zero-order valence-corrected chi connectivity index (χ0v) is 42.5. The fourth-order valence-corrected chi connectivity index (χ4v) is 11.7. The van der Waals surface area contributed by atoms with Crippen LogP contribution in [0.15, 0.2) is 65.7 Å². The van der Waals surface area contributed by atoms with Crippen LogP contribution >= 0.6 is 0 Å². The van der Waals surface area contributed by atoms with E-state index in [1.54, 1.807) is 53.1 Å².